The minimum atomic E-state index is -1.75. The highest BCUT2D eigenvalue weighted by atomic mass is 16.6. The first kappa shape index (κ1) is 31.3. The van der Waals surface area contributed by atoms with Crippen LogP contribution in [0.2, 0.25) is 0 Å². The molecule has 0 spiro atoms. The molecule has 3 N–H and O–H groups in total. The molecular formula is C29H43NO8. The van der Waals surface area contributed by atoms with Gasteiger partial charge in [-0.1, -0.05) is 53.0 Å². The molecule has 0 saturated heterocycles. The van der Waals surface area contributed by atoms with Crippen LogP contribution >= 0.6 is 0 Å². The Kier molecular flexibility index (Phi) is 11.8. The zero-order valence-corrected chi connectivity index (χ0v) is 23.3. The van der Waals surface area contributed by atoms with Gasteiger partial charge in [-0.05, 0) is 50.3 Å². The van der Waals surface area contributed by atoms with Gasteiger partial charge in [0, 0.05) is 12.8 Å². The van der Waals surface area contributed by atoms with Crippen LogP contribution in [0.15, 0.2) is 18.2 Å². The van der Waals surface area contributed by atoms with Gasteiger partial charge in [-0.3, -0.25) is 19.2 Å². The summed E-state index contributed by atoms with van der Waals surface area (Å²) < 4.78 is 16.6. The molecule has 1 fully saturated rings. The number of carboxylic acids is 1. The average molecular weight is 534 g/mol. The molecule has 0 aliphatic heterocycles. The van der Waals surface area contributed by atoms with Crippen LogP contribution in [0.25, 0.3) is 0 Å². The maximum atomic E-state index is 12.5. The zero-order chi connectivity index (χ0) is 28.5. The Labute approximate surface area is 225 Å². The number of carbonyl (C=O) groups is 4. The summed E-state index contributed by atoms with van der Waals surface area (Å²) in [7, 11) is 0. The summed E-state index contributed by atoms with van der Waals surface area (Å²) in [5.41, 5.74) is 5.06. The van der Waals surface area contributed by atoms with Crippen molar-refractivity contribution in [2.24, 2.45) is 23.5 Å². The van der Waals surface area contributed by atoms with Gasteiger partial charge in [0.15, 0.2) is 11.5 Å². The molecule has 0 bridgehead atoms. The molecule has 2 rings (SSSR count). The molecule has 38 heavy (non-hydrogen) atoms. The van der Waals surface area contributed by atoms with Crippen LogP contribution in [0.5, 0.6) is 11.5 Å². The quantitative estimate of drug-likeness (QED) is 0.269. The van der Waals surface area contributed by atoms with Gasteiger partial charge in [-0.25, -0.2) is 0 Å². The second-order valence-corrected chi connectivity index (χ2v) is 10.7. The normalized spacial score (nSPS) is 17.9. The molecule has 212 valence electrons. The van der Waals surface area contributed by atoms with Crippen molar-refractivity contribution in [3.05, 3.63) is 23.8 Å². The summed E-state index contributed by atoms with van der Waals surface area (Å²) in [4.78, 5) is 49.7. The largest absolute Gasteiger partial charge is 0.480 e. The van der Waals surface area contributed by atoms with Gasteiger partial charge in [0.1, 0.15) is 11.6 Å². The standard InChI is InChI=1S/C29H43NO8/c1-6-18(3)25(31)37-23-14-13-21(15-24(23)38-26(32)19(4)7-2)17-29(30,28(34)35)16-20(5)36-27(33)22-11-9-8-10-12-22/h13-15,18-20,22H,6-12,16-17,30H2,1-5H3,(H,34,35)/t18?,19?,20-,29?/m0/s1. The lowest BCUT2D eigenvalue weighted by atomic mass is 9.86. The second kappa shape index (κ2) is 14.3. The Morgan fingerprint density at radius 2 is 1.50 bits per heavy atom. The number of aliphatic carboxylic acids is 1. The third kappa shape index (κ3) is 8.82. The monoisotopic (exact) mass is 533 g/mol. The Bertz CT molecular complexity index is 987. The van der Waals surface area contributed by atoms with E-state index in [1.54, 1.807) is 26.8 Å². The number of carboxylic acid groups (broad SMARTS) is 1. The highest BCUT2D eigenvalue weighted by molar-refractivity contribution is 5.80. The van der Waals surface area contributed by atoms with Crippen LogP contribution in [-0.4, -0.2) is 40.6 Å². The summed E-state index contributed by atoms with van der Waals surface area (Å²) in [6.07, 6.45) is 4.84. The van der Waals surface area contributed by atoms with Gasteiger partial charge < -0.3 is 25.1 Å². The van der Waals surface area contributed by atoms with E-state index in [1.165, 1.54) is 12.1 Å². The molecule has 1 aliphatic rings. The predicted octanol–water partition coefficient (Wildman–Crippen LogP) is 4.82. The van der Waals surface area contributed by atoms with Gasteiger partial charge >= 0.3 is 23.9 Å². The van der Waals surface area contributed by atoms with E-state index in [1.807, 2.05) is 13.8 Å². The number of hydrogen-bond acceptors (Lipinski definition) is 8. The van der Waals surface area contributed by atoms with Gasteiger partial charge in [-0.15, -0.1) is 0 Å². The van der Waals surface area contributed by atoms with Crippen molar-refractivity contribution in [3.63, 3.8) is 0 Å². The fourth-order valence-corrected chi connectivity index (χ4v) is 4.36. The fraction of sp³-hybridized carbons (Fsp3) is 0.655. The van der Waals surface area contributed by atoms with E-state index in [-0.39, 0.29) is 48.1 Å². The average Bonchev–Trinajstić information content (AvgIpc) is 2.89. The minimum absolute atomic E-state index is 0.0222. The first-order valence-corrected chi connectivity index (χ1v) is 13.7. The first-order valence-electron chi connectivity index (χ1n) is 13.7. The van der Waals surface area contributed by atoms with Crippen molar-refractivity contribution in [2.45, 2.75) is 104 Å². The number of rotatable bonds is 13. The number of benzene rings is 1. The number of esters is 3. The molecule has 3 unspecified atom stereocenters. The molecule has 0 amide bonds. The molecule has 0 aromatic heterocycles. The van der Waals surface area contributed by atoms with Gasteiger partial charge in [-0.2, -0.15) is 0 Å². The summed E-state index contributed by atoms with van der Waals surface area (Å²) >= 11 is 0. The highest BCUT2D eigenvalue weighted by Gasteiger charge is 2.38. The smallest absolute Gasteiger partial charge is 0.324 e. The molecule has 1 aliphatic carbocycles. The van der Waals surface area contributed by atoms with Gasteiger partial charge in [0.2, 0.25) is 0 Å². The number of ether oxygens (including phenoxy) is 3. The first-order chi connectivity index (χ1) is 17.9. The maximum Gasteiger partial charge on any atom is 0.324 e. The topological polar surface area (TPSA) is 142 Å². The lowest BCUT2D eigenvalue weighted by Gasteiger charge is -2.29. The molecule has 9 nitrogen and oxygen atoms in total. The Balaban J connectivity index is 2.24. The van der Waals surface area contributed by atoms with Crippen molar-refractivity contribution in [1.29, 1.82) is 0 Å². The van der Waals surface area contributed by atoms with Crippen molar-refractivity contribution in [3.8, 4) is 11.5 Å². The molecule has 9 heteroatoms. The molecule has 0 heterocycles. The molecule has 1 saturated carbocycles. The number of hydrogen-bond donors (Lipinski definition) is 2. The van der Waals surface area contributed by atoms with Crippen molar-refractivity contribution >= 4 is 23.9 Å². The summed E-state index contributed by atoms with van der Waals surface area (Å²) in [5.74, 6) is -3.31. The maximum absolute atomic E-state index is 12.5. The van der Waals surface area contributed by atoms with Crippen molar-refractivity contribution < 1.29 is 38.5 Å². The van der Waals surface area contributed by atoms with E-state index in [2.05, 4.69) is 0 Å². The molecule has 1 aromatic carbocycles. The molecule has 4 atom stereocenters. The van der Waals surface area contributed by atoms with Crippen molar-refractivity contribution in [1.82, 2.24) is 0 Å². The third-order valence-electron chi connectivity index (χ3n) is 7.31. The summed E-state index contributed by atoms with van der Waals surface area (Å²) in [6, 6.07) is 4.54. The van der Waals surface area contributed by atoms with Gasteiger partial charge in [0.05, 0.1) is 17.8 Å². The number of nitrogens with two attached hydrogens (primary N) is 1. The summed E-state index contributed by atoms with van der Waals surface area (Å²) in [6.45, 7) is 8.81. The lowest BCUT2D eigenvalue weighted by molar-refractivity contribution is -0.158. The Hall–Kier alpha value is -2.94. The van der Waals surface area contributed by atoms with Crippen LogP contribution in [0.1, 0.15) is 91.5 Å². The van der Waals surface area contributed by atoms with E-state index < -0.39 is 29.6 Å². The fourth-order valence-electron chi connectivity index (χ4n) is 4.36. The SMILES string of the molecule is CCC(C)C(=O)Oc1ccc(CC(N)(C[C@H](C)OC(=O)C2CCCCC2)C(=O)O)cc1OC(=O)C(C)CC. The molecule has 1 aromatic rings. The van der Waals surface area contributed by atoms with Crippen LogP contribution in [0.3, 0.4) is 0 Å². The Morgan fingerprint density at radius 1 is 0.947 bits per heavy atom. The van der Waals surface area contributed by atoms with E-state index in [4.69, 9.17) is 19.9 Å². The van der Waals surface area contributed by atoms with Crippen molar-refractivity contribution in [2.75, 3.05) is 0 Å². The second-order valence-electron chi connectivity index (χ2n) is 10.7. The van der Waals surface area contributed by atoms with E-state index in [0.717, 1.165) is 32.1 Å². The van der Waals surface area contributed by atoms with Crippen LogP contribution < -0.4 is 15.2 Å². The third-order valence-corrected chi connectivity index (χ3v) is 7.31. The highest BCUT2D eigenvalue weighted by Crippen LogP contribution is 2.32. The number of carbonyl (C=O) groups excluding carboxylic acids is 3. The van der Waals surface area contributed by atoms with Crippen LogP contribution in [-0.2, 0) is 30.3 Å². The predicted molar refractivity (Wildman–Crippen MR) is 142 cm³/mol. The van der Waals surface area contributed by atoms with E-state index >= 15 is 0 Å². The minimum Gasteiger partial charge on any atom is -0.480 e. The van der Waals surface area contributed by atoms with Gasteiger partial charge in [0.25, 0.3) is 0 Å². The molecule has 0 radical (unpaired) electrons. The van der Waals surface area contributed by atoms with E-state index in [9.17, 15) is 24.3 Å². The van der Waals surface area contributed by atoms with E-state index in [0.29, 0.717) is 18.4 Å². The zero-order valence-electron chi connectivity index (χ0n) is 23.3. The molecular weight excluding hydrogens is 490 g/mol. The Morgan fingerprint density at radius 3 is 2.03 bits per heavy atom. The van der Waals surface area contributed by atoms with Crippen LogP contribution in [0.4, 0.5) is 0 Å². The summed E-state index contributed by atoms with van der Waals surface area (Å²) in [5, 5.41) is 9.99. The van der Waals surface area contributed by atoms with Crippen LogP contribution in [0, 0.1) is 17.8 Å². The lowest BCUT2D eigenvalue weighted by Crippen LogP contribution is -2.52.